The van der Waals surface area contributed by atoms with Gasteiger partial charge in [0.25, 0.3) is 0 Å². The van der Waals surface area contributed by atoms with Gasteiger partial charge in [0.2, 0.25) is 11.8 Å². The third-order valence-corrected chi connectivity index (χ3v) is 5.06. The van der Waals surface area contributed by atoms with Gasteiger partial charge in [0.05, 0.1) is 6.54 Å². The maximum atomic E-state index is 13.1. The maximum absolute atomic E-state index is 13.1. The Bertz CT molecular complexity index is 696. The Morgan fingerprint density at radius 2 is 1.65 bits per heavy atom. The summed E-state index contributed by atoms with van der Waals surface area (Å²) in [6.45, 7) is 8.87. The van der Waals surface area contributed by atoms with Crippen molar-refractivity contribution in [1.82, 2.24) is 9.80 Å². The average molecular weight is 373 g/mol. The van der Waals surface area contributed by atoms with Crippen molar-refractivity contribution in [3.63, 3.8) is 0 Å². The van der Waals surface area contributed by atoms with E-state index < -0.39 is 0 Å². The number of rotatable bonds is 8. The number of hydrogen-bond donors (Lipinski definition) is 0. The van der Waals surface area contributed by atoms with E-state index in [2.05, 4.69) is 0 Å². The van der Waals surface area contributed by atoms with Crippen LogP contribution in [0.1, 0.15) is 38.1 Å². The molecule has 0 N–H and O–H groups in total. The Hall–Kier alpha value is -2.14. The van der Waals surface area contributed by atoms with Crippen LogP contribution >= 0.6 is 11.3 Å². The summed E-state index contributed by atoms with van der Waals surface area (Å²) in [5, 5.41) is 2.02. The molecule has 0 unspecified atom stereocenters. The van der Waals surface area contributed by atoms with Crippen molar-refractivity contribution in [2.45, 2.75) is 46.8 Å². The van der Waals surface area contributed by atoms with Crippen molar-refractivity contribution < 1.29 is 9.59 Å². The van der Waals surface area contributed by atoms with Crippen LogP contribution in [0.25, 0.3) is 0 Å². The molecule has 0 aliphatic carbocycles. The largest absolute Gasteiger partial charge is 0.332 e. The molecule has 0 saturated heterocycles. The highest BCUT2D eigenvalue weighted by molar-refractivity contribution is 7.09. The summed E-state index contributed by atoms with van der Waals surface area (Å²) in [5.74, 6) is -0.126. The molecule has 0 saturated carbocycles. The van der Waals surface area contributed by atoms with Crippen LogP contribution in [-0.2, 0) is 22.7 Å². The lowest BCUT2D eigenvalue weighted by atomic mass is 10.1. The van der Waals surface area contributed by atoms with Crippen LogP contribution in [0.2, 0.25) is 0 Å². The van der Waals surface area contributed by atoms with E-state index in [4.69, 9.17) is 0 Å². The second kappa shape index (κ2) is 9.53. The van der Waals surface area contributed by atoms with Gasteiger partial charge in [-0.2, -0.15) is 0 Å². The van der Waals surface area contributed by atoms with Crippen molar-refractivity contribution in [1.29, 1.82) is 0 Å². The Balaban J connectivity index is 2.16. The number of amides is 2. The first-order valence-corrected chi connectivity index (χ1v) is 9.91. The molecule has 2 rings (SSSR count). The van der Waals surface area contributed by atoms with Crippen molar-refractivity contribution in [2.75, 3.05) is 6.54 Å². The summed E-state index contributed by atoms with van der Waals surface area (Å²) in [6, 6.07) is 14.0. The van der Waals surface area contributed by atoms with Gasteiger partial charge in [0, 0.05) is 23.4 Å². The summed E-state index contributed by atoms with van der Waals surface area (Å²) < 4.78 is 0. The topological polar surface area (TPSA) is 40.6 Å². The minimum Gasteiger partial charge on any atom is -0.332 e. The Morgan fingerprint density at radius 3 is 2.19 bits per heavy atom. The lowest BCUT2D eigenvalue weighted by Gasteiger charge is -2.31. The standard InChI is InChI=1S/C21H28N2O2S/c1-16(2)21(25)23(17(3)4)15-20(24)22(14-19-11-8-12-26-19)13-18-9-6-5-7-10-18/h5-12,16-17H,13-15H2,1-4H3. The second-order valence-electron chi connectivity index (χ2n) is 7.03. The molecule has 0 radical (unpaired) electrons. The van der Waals surface area contributed by atoms with Crippen LogP contribution in [-0.4, -0.2) is 34.2 Å². The fourth-order valence-corrected chi connectivity index (χ4v) is 3.44. The lowest BCUT2D eigenvalue weighted by molar-refractivity contribution is -0.144. The molecule has 2 amide bonds. The molecule has 5 heteroatoms. The summed E-state index contributed by atoms with van der Waals surface area (Å²) >= 11 is 1.64. The van der Waals surface area contributed by atoms with E-state index in [1.165, 1.54) is 0 Å². The molecular weight excluding hydrogens is 344 g/mol. The molecule has 2 aromatic rings. The summed E-state index contributed by atoms with van der Waals surface area (Å²) in [4.78, 5) is 30.2. The molecule has 1 aromatic heterocycles. The molecule has 26 heavy (non-hydrogen) atoms. The van der Waals surface area contributed by atoms with Gasteiger partial charge in [0.1, 0.15) is 6.54 Å². The van der Waals surface area contributed by atoms with E-state index >= 15 is 0 Å². The quantitative estimate of drug-likeness (QED) is 0.698. The highest BCUT2D eigenvalue weighted by Crippen LogP contribution is 2.16. The van der Waals surface area contributed by atoms with Crippen LogP contribution in [0.4, 0.5) is 0 Å². The van der Waals surface area contributed by atoms with Gasteiger partial charge >= 0.3 is 0 Å². The molecule has 0 aliphatic rings. The van der Waals surface area contributed by atoms with Crippen molar-refractivity contribution >= 4 is 23.2 Å². The zero-order valence-electron chi connectivity index (χ0n) is 16.0. The highest BCUT2D eigenvalue weighted by atomic mass is 32.1. The number of carbonyl (C=O) groups excluding carboxylic acids is 2. The van der Waals surface area contributed by atoms with Gasteiger partial charge in [-0.25, -0.2) is 0 Å². The Kier molecular flexibility index (Phi) is 7.39. The molecule has 0 atom stereocenters. The molecule has 4 nitrogen and oxygen atoms in total. The Labute approximate surface area is 160 Å². The van der Waals surface area contributed by atoms with Crippen LogP contribution in [0.5, 0.6) is 0 Å². The Morgan fingerprint density at radius 1 is 0.962 bits per heavy atom. The van der Waals surface area contributed by atoms with Gasteiger partial charge in [0.15, 0.2) is 0 Å². The van der Waals surface area contributed by atoms with Crippen LogP contribution < -0.4 is 0 Å². The molecule has 0 spiro atoms. The van der Waals surface area contributed by atoms with Gasteiger partial charge in [-0.3, -0.25) is 9.59 Å². The number of benzene rings is 1. The molecule has 1 aromatic carbocycles. The first-order chi connectivity index (χ1) is 12.4. The maximum Gasteiger partial charge on any atom is 0.242 e. The third kappa shape index (κ3) is 5.70. The average Bonchev–Trinajstić information content (AvgIpc) is 3.12. The van der Waals surface area contributed by atoms with Crippen LogP contribution in [0.3, 0.4) is 0 Å². The summed E-state index contributed by atoms with van der Waals surface area (Å²) in [6.07, 6.45) is 0. The third-order valence-electron chi connectivity index (χ3n) is 4.20. The predicted octanol–water partition coefficient (Wildman–Crippen LogP) is 4.17. The van der Waals surface area contributed by atoms with Gasteiger partial charge in [-0.1, -0.05) is 50.2 Å². The summed E-state index contributed by atoms with van der Waals surface area (Å²) in [7, 11) is 0. The van der Waals surface area contributed by atoms with E-state index in [1.807, 2.05) is 80.4 Å². The molecular formula is C21H28N2O2S. The minimum atomic E-state index is -0.120. The predicted molar refractivity (Wildman–Crippen MR) is 107 cm³/mol. The first kappa shape index (κ1) is 20.2. The fourth-order valence-electron chi connectivity index (χ4n) is 2.72. The zero-order valence-corrected chi connectivity index (χ0v) is 16.8. The van der Waals surface area contributed by atoms with Crippen LogP contribution in [0.15, 0.2) is 47.8 Å². The second-order valence-corrected chi connectivity index (χ2v) is 8.06. The number of hydrogen-bond acceptors (Lipinski definition) is 3. The normalized spacial score (nSPS) is 11.0. The summed E-state index contributed by atoms with van der Waals surface area (Å²) in [5.41, 5.74) is 1.09. The van der Waals surface area contributed by atoms with E-state index in [1.54, 1.807) is 16.2 Å². The number of thiophene rings is 1. The van der Waals surface area contributed by atoms with Gasteiger partial charge < -0.3 is 9.80 Å². The molecule has 0 aliphatic heterocycles. The van der Waals surface area contributed by atoms with Crippen molar-refractivity contribution in [3.8, 4) is 0 Å². The van der Waals surface area contributed by atoms with E-state index in [9.17, 15) is 9.59 Å². The zero-order chi connectivity index (χ0) is 19.1. The first-order valence-electron chi connectivity index (χ1n) is 9.03. The number of carbonyl (C=O) groups is 2. The van der Waals surface area contributed by atoms with Gasteiger partial charge in [-0.05, 0) is 30.9 Å². The highest BCUT2D eigenvalue weighted by Gasteiger charge is 2.25. The van der Waals surface area contributed by atoms with E-state index in [0.717, 1.165) is 10.4 Å². The van der Waals surface area contributed by atoms with Gasteiger partial charge in [-0.15, -0.1) is 11.3 Å². The van der Waals surface area contributed by atoms with Crippen molar-refractivity contribution in [2.24, 2.45) is 5.92 Å². The molecule has 140 valence electrons. The fraction of sp³-hybridized carbons (Fsp3) is 0.429. The number of nitrogens with zero attached hydrogens (tertiary/aromatic N) is 2. The minimum absolute atomic E-state index is 0.00540. The van der Waals surface area contributed by atoms with E-state index in [-0.39, 0.29) is 30.3 Å². The van der Waals surface area contributed by atoms with E-state index in [0.29, 0.717) is 13.1 Å². The monoisotopic (exact) mass is 372 g/mol. The molecule has 0 bridgehead atoms. The molecule has 1 heterocycles. The SMILES string of the molecule is CC(C)C(=O)N(CC(=O)N(Cc1ccccc1)Cc1cccs1)C(C)C. The lowest BCUT2D eigenvalue weighted by Crippen LogP contribution is -2.46. The van der Waals surface area contributed by atoms with Crippen molar-refractivity contribution in [3.05, 3.63) is 58.3 Å². The van der Waals surface area contributed by atoms with Crippen LogP contribution in [0, 0.1) is 5.92 Å². The molecule has 0 fully saturated rings. The smallest absolute Gasteiger partial charge is 0.242 e.